The van der Waals surface area contributed by atoms with E-state index in [1.807, 2.05) is 30.4 Å². The molecule has 0 aromatic heterocycles. The average molecular weight is 246 g/mol. The molecule has 0 fully saturated rings. The third kappa shape index (κ3) is 3.84. The lowest BCUT2D eigenvalue weighted by Gasteiger charge is -2.01. The lowest BCUT2D eigenvalue weighted by molar-refractivity contribution is 1.40. The molecular weight excluding hydrogens is 228 g/mol. The Morgan fingerprint density at radius 1 is 1.05 bits per heavy atom. The van der Waals surface area contributed by atoms with Crippen LogP contribution in [-0.2, 0) is 0 Å². The first kappa shape index (κ1) is 13.1. The fourth-order valence-corrected chi connectivity index (χ4v) is 1.88. The van der Waals surface area contributed by atoms with Gasteiger partial charge in [-0.25, -0.2) is 0 Å². The standard InChI is InChI=1S/C19H18/c1-3-7-18(19-8-5-4-6-9-19)15-14-17-12-10-16(2)11-13-17/h3-6,8-14H,1,7H2,2H3. The summed E-state index contributed by atoms with van der Waals surface area (Å²) in [5, 5.41) is 0. The lowest BCUT2D eigenvalue weighted by Crippen LogP contribution is -1.80. The number of hydrogen-bond donors (Lipinski definition) is 0. The average Bonchev–Trinajstić information content (AvgIpc) is 2.46. The van der Waals surface area contributed by atoms with Crippen LogP contribution in [0.25, 0.3) is 11.6 Å². The van der Waals surface area contributed by atoms with Crippen LogP contribution >= 0.6 is 0 Å². The normalized spacial score (nSPS) is 9.53. The quantitative estimate of drug-likeness (QED) is 0.509. The molecule has 0 heteroatoms. The Morgan fingerprint density at radius 2 is 1.74 bits per heavy atom. The first-order valence-electron chi connectivity index (χ1n) is 6.48. The maximum atomic E-state index is 3.82. The number of benzene rings is 2. The molecule has 0 N–H and O–H groups in total. The van der Waals surface area contributed by atoms with Gasteiger partial charge in [-0.1, -0.05) is 66.2 Å². The second kappa shape index (κ2) is 6.58. The molecule has 0 saturated heterocycles. The predicted molar refractivity (Wildman–Crippen MR) is 83.8 cm³/mol. The van der Waals surface area contributed by atoms with Gasteiger partial charge in [0.2, 0.25) is 0 Å². The molecule has 2 aromatic rings. The van der Waals surface area contributed by atoms with Gasteiger partial charge in [0.25, 0.3) is 0 Å². The molecule has 19 heavy (non-hydrogen) atoms. The largest absolute Gasteiger partial charge is 0.116 e. The summed E-state index contributed by atoms with van der Waals surface area (Å²) in [4.78, 5) is 0. The van der Waals surface area contributed by atoms with Gasteiger partial charge in [-0.15, -0.1) is 12.3 Å². The van der Waals surface area contributed by atoms with E-state index < -0.39 is 0 Å². The van der Waals surface area contributed by atoms with E-state index in [2.05, 4.69) is 55.6 Å². The molecule has 0 amide bonds. The van der Waals surface area contributed by atoms with Gasteiger partial charge in [-0.05, 0) is 30.5 Å². The molecule has 0 bridgehead atoms. The van der Waals surface area contributed by atoms with Crippen molar-refractivity contribution < 1.29 is 0 Å². The van der Waals surface area contributed by atoms with E-state index in [0.29, 0.717) is 0 Å². The molecule has 0 aliphatic carbocycles. The maximum Gasteiger partial charge on any atom is 0.00498 e. The molecule has 0 saturated carbocycles. The first-order valence-corrected chi connectivity index (χ1v) is 6.48. The molecule has 0 unspecified atom stereocenters. The van der Waals surface area contributed by atoms with Crippen molar-refractivity contribution in [3.63, 3.8) is 0 Å². The van der Waals surface area contributed by atoms with Gasteiger partial charge in [0.15, 0.2) is 0 Å². The summed E-state index contributed by atoms with van der Waals surface area (Å²) in [7, 11) is 0. The van der Waals surface area contributed by atoms with Gasteiger partial charge in [0.05, 0.1) is 0 Å². The van der Waals surface area contributed by atoms with Crippen molar-refractivity contribution >= 4 is 11.6 Å². The molecule has 0 atom stereocenters. The minimum Gasteiger partial charge on any atom is -0.116 e. The monoisotopic (exact) mass is 246 g/mol. The molecule has 0 aliphatic heterocycles. The Morgan fingerprint density at radius 3 is 2.37 bits per heavy atom. The van der Waals surface area contributed by atoms with Crippen LogP contribution in [0.1, 0.15) is 23.1 Å². The molecule has 2 aromatic carbocycles. The SMILES string of the molecule is C=CCC(=C=Cc1ccc(C)cc1)c1ccccc1. The van der Waals surface area contributed by atoms with Gasteiger partial charge in [-0.2, -0.15) is 0 Å². The molecule has 0 spiro atoms. The lowest BCUT2D eigenvalue weighted by atomic mass is 10.0. The van der Waals surface area contributed by atoms with Crippen LogP contribution in [-0.4, -0.2) is 0 Å². The summed E-state index contributed by atoms with van der Waals surface area (Å²) < 4.78 is 0. The minimum atomic E-state index is 0.826. The number of allylic oxidation sites excluding steroid dienone is 2. The van der Waals surface area contributed by atoms with E-state index >= 15 is 0 Å². The third-order valence-electron chi connectivity index (χ3n) is 2.96. The Hall–Kier alpha value is -2.30. The Kier molecular flexibility index (Phi) is 4.55. The molecule has 0 radical (unpaired) electrons. The predicted octanol–water partition coefficient (Wildman–Crippen LogP) is 5.27. The van der Waals surface area contributed by atoms with E-state index in [4.69, 9.17) is 0 Å². The van der Waals surface area contributed by atoms with Crippen LogP contribution in [0.15, 0.2) is 73.0 Å². The second-order valence-electron chi connectivity index (χ2n) is 4.54. The van der Waals surface area contributed by atoms with E-state index in [1.165, 1.54) is 16.7 Å². The molecule has 94 valence electrons. The van der Waals surface area contributed by atoms with Gasteiger partial charge in [0.1, 0.15) is 0 Å². The van der Waals surface area contributed by atoms with Crippen molar-refractivity contribution in [2.75, 3.05) is 0 Å². The summed E-state index contributed by atoms with van der Waals surface area (Å²) in [6.45, 7) is 5.91. The fourth-order valence-electron chi connectivity index (χ4n) is 1.88. The van der Waals surface area contributed by atoms with Crippen LogP contribution in [0.3, 0.4) is 0 Å². The van der Waals surface area contributed by atoms with Gasteiger partial charge >= 0.3 is 0 Å². The van der Waals surface area contributed by atoms with Crippen LogP contribution < -0.4 is 0 Å². The molecular formula is C19H18. The zero-order chi connectivity index (χ0) is 13.5. The van der Waals surface area contributed by atoms with Crippen molar-refractivity contribution in [1.29, 1.82) is 0 Å². The van der Waals surface area contributed by atoms with E-state index in [-0.39, 0.29) is 0 Å². The molecule has 0 aliphatic rings. The molecule has 0 heterocycles. The van der Waals surface area contributed by atoms with Crippen LogP contribution in [0.2, 0.25) is 0 Å². The highest BCUT2D eigenvalue weighted by Gasteiger charge is 1.96. The number of rotatable bonds is 4. The van der Waals surface area contributed by atoms with Crippen molar-refractivity contribution in [3.05, 3.63) is 89.7 Å². The number of hydrogen-bond acceptors (Lipinski definition) is 0. The topological polar surface area (TPSA) is 0 Å². The van der Waals surface area contributed by atoms with Gasteiger partial charge < -0.3 is 0 Å². The van der Waals surface area contributed by atoms with E-state index in [0.717, 1.165) is 12.0 Å². The Balaban J connectivity index is 2.35. The molecule has 2 rings (SSSR count). The fraction of sp³-hybridized carbons (Fsp3) is 0.105. The number of aryl methyl sites for hydroxylation is 1. The van der Waals surface area contributed by atoms with Crippen molar-refractivity contribution in [3.8, 4) is 0 Å². The summed E-state index contributed by atoms with van der Waals surface area (Å²) in [5.41, 5.74) is 8.20. The van der Waals surface area contributed by atoms with Crippen LogP contribution in [0.4, 0.5) is 0 Å². The summed E-state index contributed by atoms with van der Waals surface area (Å²) in [5.74, 6) is 0. The van der Waals surface area contributed by atoms with Crippen molar-refractivity contribution in [2.45, 2.75) is 13.3 Å². The van der Waals surface area contributed by atoms with Crippen LogP contribution in [0, 0.1) is 6.92 Å². The first-order chi connectivity index (χ1) is 9.29. The minimum absolute atomic E-state index is 0.826. The molecule has 0 nitrogen and oxygen atoms in total. The Bertz CT molecular complexity index is 594. The van der Waals surface area contributed by atoms with Gasteiger partial charge in [0, 0.05) is 5.57 Å². The highest BCUT2D eigenvalue weighted by atomic mass is 14.0. The van der Waals surface area contributed by atoms with E-state index in [9.17, 15) is 0 Å². The zero-order valence-electron chi connectivity index (χ0n) is 11.3. The summed E-state index contributed by atoms with van der Waals surface area (Å²) in [6, 6.07) is 18.8. The van der Waals surface area contributed by atoms with Crippen molar-refractivity contribution in [2.24, 2.45) is 0 Å². The highest BCUT2D eigenvalue weighted by Crippen LogP contribution is 2.17. The zero-order valence-corrected chi connectivity index (χ0v) is 11.3. The summed E-state index contributed by atoms with van der Waals surface area (Å²) in [6.07, 6.45) is 4.77. The smallest absolute Gasteiger partial charge is 0.00498 e. The highest BCUT2D eigenvalue weighted by molar-refractivity contribution is 5.69. The second-order valence-corrected chi connectivity index (χ2v) is 4.54. The van der Waals surface area contributed by atoms with Gasteiger partial charge in [-0.3, -0.25) is 0 Å². The van der Waals surface area contributed by atoms with E-state index in [1.54, 1.807) is 0 Å². The van der Waals surface area contributed by atoms with Crippen LogP contribution in [0.5, 0.6) is 0 Å². The Labute approximate surface area is 115 Å². The third-order valence-corrected chi connectivity index (χ3v) is 2.96. The maximum absolute atomic E-state index is 3.82. The van der Waals surface area contributed by atoms with Crippen molar-refractivity contribution in [1.82, 2.24) is 0 Å². The summed E-state index contributed by atoms with van der Waals surface area (Å²) >= 11 is 0.